The van der Waals surface area contributed by atoms with Gasteiger partial charge in [-0.3, -0.25) is 9.78 Å². The normalized spacial score (nSPS) is 12.0. The third-order valence-corrected chi connectivity index (χ3v) is 2.53. The highest BCUT2D eigenvalue weighted by molar-refractivity contribution is 6.30. The Hall–Kier alpha value is -1.77. The van der Waals surface area contributed by atoms with Crippen LogP contribution in [-0.4, -0.2) is 29.3 Å². The van der Waals surface area contributed by atoms with Crippen LogP contribution < -0.4 is 10.1 Å². The second kappa shape index (κ2) is 7.87. The van der Waals surface area contributed by atoms with Crippen LogP contribution in [-0.2, 0) is 9.53 Å². The zero-order valence-electron chi connectivity index (χ0n) is 12.6. The molecule has 21 heavy (non-hydrogen) atoms. The fourth-order valence-corrected chi connectivity index (χ4v) is 1.77. The predicted octanol–water partition coefficient (Wildman–Crippen LogP) is 2.39. The van der Waals surface area contributed by atoms with Gasteiger partial charge in [0.15, 0.2) is 0 Å². The average Bonchev–Trinajstić information content (AvgIpc) is 2.37. The molecule has 0 aliphatic carbocycles. The molecule has 0 aromatic carbocycles. The van der Waals surface area contributed by atoms with Crippen molar-refractivity contribution in [3.05, 3.63) is 23.5 Å². The molecule has 114 valence electrons. The van der Waals surface area contributed by atoms with E-state index in [1.54, 1.807) is 33.8 Å². The smallest absolute Gasteiger partial charge is 0.290 e. The van der Waals surface area contributed by atoms with Crippen LogP contribution in [0.5, 0.6) is 5.75 Å². The fourth-order valence-electron chi connectivity index (χ4n) is 1.61. The van der Waals surface area contributed by atoms with Gasteiger partial charge in [-0.05, 0) is 27.7 Å². The number of hydrogen-bond donors (Lipinski definition) is 1. The van der Waals surface area contributed by atoms with E-state index in [2.05, 4.69) is 22.1 Å². The molecule has 0 saturated heterocycles. The first-order chi connectivity index (χ1) is 9.88. The van der Waals surface area contributed by atoms with E-state index in [4.69, 9.17) is 21.1 Å². The quantitative estimate of drug-likeness (QED) is 0.647. The maximum atomic E-state index is 12.2. The van der Waals surface area contributed by atoms with Crippen molar-refractivity contribution < 1.29 is 14.3 Å². The molecule has 1 unspecified atom stereocenters. The first kappa shape index (κ1) is 17.3. The summed E-state index contributed by atoms with van der Waals surface area (Å²) in [5, 5.41) is 3.18. The van der Waals surface area contributed by atoms with Crippen LogP contribution in [0, 0.1) is 11.8 Å². The molecule has 1 aromatic rings. The zero-order chi connectivity index (χ0) is 15.9. The fraction of sp³-hybridized carbons (Fsp3) is 0.467. The van der Waals surface area contributed by atoms with Crippen molar-refractivity contribution in [2.45, 2.75) is 39.5 Å². The molecule has 1 amide bonds. The van der Waals surface area contributed by atoms with Gasteiger partial charge in [0.1, 0.15) is 5.75 Å². The summed E-state index contributed by atoms with van der Waals surface area (Å²) in [5.74, 6) is 5.61. The Bertz CT molecular complexity index is 549. The second-order valence-electron chi connectivity index (χ2n) is 4.73. The second-order valence-corrected chi connectivity index (χ2v) is 5.17. The van der Waals surface area contributed by atoms with E-state index in [-0.39, 0.29) is 0 Å². The molecule has 0 fully saturated rings. The van der Waals surface area contributed by atoms with Crippen molar-refractivity contribution in [3.63, 3.8) is 0 Å². The van der Waals surface area contributed by atoms with Crippen LogP contribution in [0.4, 0.5) is 0 Å². The Labute approximate surface area is 130 Å². The van der Waals surface area contributed by atoms with Crippen LogP contribution in [0.1, 0.15) is 27.7 Å². The van der Waals surface area contributed by atoms with Crippen LogP contribution >= 0.6 is 11.6 Å². The Kier molecular flexibility index (Phi) is 6.47. The van der Waals surface area contributed by atoms with Crippen molar-refractivity contribution >= 4 is 17.5 Å². The molecular formula is C15H19ClN2O3. The first-order valence-corrected chi connectivity index (χ1v) is 6.90. The van der Waals surface area contributed by atoms with Gasteiger partial charge in [-0.25, -0.2) is 0 Å². The molecule has 0 aliphatic rings. The molecule has 0 radical (unpaired) electrons. The van der Waals surface area contributed by atoms with Gasteiger partial charge in [0.25, 0.3) is 12.2 Å². The highest BCUT2D eigenvalue weighted by Gasteiger charge is 2.26. The monoisotopic (exact) mass is 310 g/mol. The lowest BCUT2D eigenvalue weighted by atomic mass is 10.1. The van der Waals surface area contributed by atoms with E-state index in [9.17, 15) is 4.79 Å². The van der Waals surface area contributed by atoms with Gasteiger partial charge in [-0.2, -0.15) is 0 Å². The highest BCUT2D eigenvalue weighted by atomic mass is 35.5. The number of nitrogens with zero attached hydrogens (tertiary/aromatic N) is 1. The topological polar surface area (TPSA) is 60.5 Å². The first-order valence-electron chi connectivity index (χ1n) is 6.52. The maximum absolute atomic E-state index is 12.2. The average molecular weight is 311 g/mol. The molecule has 1 heterocycles. The number of carbonyl (C=O) groups is 1. The molecule has 1 rings (SSSR count). The van der Waals surface area contributed by atoms with Gasteiger partial charge in [-0.15, -0.1) is 5.92 Å². The van der Waals surface area contributed by atoms with Crippen LogP contribution in [0.15, 0.2) is 18.5 Å². The Morgan fingerprint density at radius 1 is 1.52 bits per heavy atom. The van der Waals surface area contributed by atoms with E-state index in [0.717, 1.165) is 0 Å². The molecule has 1 aromatic heterocycles. The molecular weight excluding hydrogens is 292 g/mol. The number of pyridine rings is 1. The molecule has 0 aliphatic heterocycles. The van der Waals surface area contributed by atoms with Gasteiger partial charge < -0.3 is 14.8 Å². The number of rotatable bonds is 6. The predicted molar refractivity (Wildman–Crippen MR) is 81.0 cm³/mol. The van der Waals surface area contributed by atoms with Crippen molar-refractivity contribution in [1.29, 1.82) is 0 Å². The number of halogens is 1. The summed E-state index contributed by atoms with van der Waals surface area (Å²) in [6.45, 7) is 7.40. The van der Waals surface area contributed by atoms with E-state index < -0.39 is 17.7 Å². The largest absolute Gasteiger partial charge is 0.454 e. The lowest BCUT2D eigenvalue weighted by molar-refractivity contribution is -0.153. The Morgan fingerprint density at radius 3 is 2.81 bits per heavy atom. The third kappa shape index (κ3) is 6.03. The van der Waals surface area contributed by atoms with Crippen LogP contribution in [0.3, 0.4) is 0 Å². The number of hydrogen-bond acceptors (Lipinski definition) is 4. The van der Waals surface area contributed by atoms with Gasteiger partial charge in [0, 0.05) is 18.9 Å². The SMILES string of the molecule is CC#CC(C)(C)NC(=O)C(OCC)Oc1cncc(Cl)c1. The molecule has 1 N–H and O–H groups in total. The molecule has 0 saturated carbocycles. The highest BCUT2D eigenvalue weighted by Crippen LogP contribution is 2.17. The summed E-state index contributed by atoms with van der Waals surface area (Å²) in [4.78, 5) is 16.1. The third-order valence-electron chi connectivity index (χ3n) is 2.33. The molecule has 0 bridgehead atoms. The molecule has 0 spiro atoms. The molecule has 6 heteroatoms. The minimum absolute atomic E-state index is 0.325. The summed E-state index contributed by atoms with van der Waals surface area (Å²) in [5.41, 5.74) is -0.670. The van der Waals surface area contributed by atoms with Gasteiger partial charge >= 0.3 is 0 Å². The van der Waals surface area contributed by atoms with Gasteiger partial charge in [-0.1, -0.05) is 17.5 Å². The van der Waals surface area contributed by atoms with E-state index in [1.807, 2.05) is 0 Å². The number of ether oxygens (including phenoxy) is 2. The Balaban J connectivity index is 2.80. The van der Waals surface area contributed by atoms with Crippen molar-refractivity contribution in [2.24, 2.45) is 0 Å². The number of aromatic nitrogens is 1. The minimum atomic E-state index is -1.09. The maximum Gasteiger partial charge on any atom is 0.290 e. The Morgan fingerprint density at radius 2 is 2.24 bits per heavy atom. The number of nitrogens with one attached hydrogen (secondary N) is 1. The summed E-state index contributed by atoms with van der Waals surface area (Å²) in [7, 11) is 0. The summed E-state index contributed by atoms with van der Waals surface area (Å²) < 4.78 is 10.8. The van der Waals surface area contributed by atoms with Gasteiger partial charge in [0.05, 0.1) is 16.8 Å². The summed E-state index contributed by atoms with van der Waals surface area (Å²) in [6, 6.07) is 1.56. The van der Waals surface area contributed by atoms with E-state index in [1.165, 1.54) is 12.4 Å². The molecule has 5 nitrogen and oxygen atoms in total. The van der Waals surface area contributed by atoms with E-state index in [0.29, 0.717) is 17.4 Å². The summed E-state index contributed by atoms with van der Waals surface area (Å²) in [6.07, 6.45) is 1.85. The van der Waals surface area contributed by atoms with Gasteiger partial charge in [0.2, 0.25) is 0 Å². The lowest BCUT2D eigenvalue weighted by Crippen LogP contribution is -2.49. The number of carbonyl (C=O) groups excluding carboxylic acids is 1. The van der Waals surface area contributed by atoms with E-state index >= 15 is 0 Å². The number of amides is 1. The van der Waals surface area contributed by atoms with Crippen molar-refractivity contribution in [1.82, 2.24) is 10.3 Å². The zero-order valence-corrected chi connectivity index (χ0v) is 13.3. The summed E-state index contributed by atoms with van der Waals surface area (Å²) >= 11 is 5.83. The van der Waals surface area contributed by atoms with Crippen molar-refractivity contribution in [3.8, 4) is 17.6 Å². The lowest BCUT2D eigenvalue weighted by Gasteiger charge is -2.24. The molecule has 1 atom stereocenters. The van der Waals surface area contributed by atoms with Crippen LogP contribution in [0.25, 0.3) is 0 Å². The van der Waals surface area contributed by atoms with Crippen molar-refractivity contribution in [2.75, 3.05) is 6.61 Å². The minimum Gasteiger partial charge on any atom is -0.454 e. The standard InChI is InChI=1S/C15H19ClN2O3/c1-5-7-15(3,4)18-13(19)14(20-6-2)21-12-8-11(16)9-17-10-12/h8-10,14H,6H2,1-4H3,(H,18,19). The van der Waals surface area contributed by atoms with Crippen LogP contribution in [0.2, 0.25) is 5.02 Å².